The Morgan fingerprint density at radius 2 is 2.30 bits per heavy atom. The molecule has 1 N–H and O–H groups in total. The van der Waals surface area contributed by atoms with Gasteiger partial charge in [0.05, 0.1) is 13.3 Å². The number of anilines is 1. The third-order valence-electron chi connectivity index (χ3n) is 4.10. The molecular formula is C16H19FN4O2. The lowest BCUT2D eigenvalue weighted by atomic mass is 10.0. The summed E-state index contributed by atoms with van der Waals surface area (Å²) in [7, 11) is 3.31. The molecule has 2 heterocycles. The summed E-state index contributed by atoms with van der Waals surface area (Å²) in [6, 6.07) is 4.12. The molecule has 7 heteroatoms. The van der Waals surface area contributed by atoms with Gasteiger partial charge >= 0.3 is 6.03 Å². The van der Waals surface area contributed by atoms with Gasteiger partial charge in [0.1, 0.15) is 11.4 Å². The smallest absolute Gasteiger partial charge is 0.322 e. The molecule has 0 unspecified atom stereocenters. The molecule has 2 aromatic rings. The third-order valence-corrected chi connectivity index (χ3v) is 4.10. The number of carbonyl (C=O) groups is 1. The molecule has 1 atom stereocenters. The van der Waals surface area contributed by atoms with E-state index < -0.39 is 5.82 Å². The highest BCUT2D eigenvalue weighted by atomic mass is 19.1. The van der Waals surface area contributed by atoms with Gasteiger partial charge in [-0.2, -0.15) is 5.10 Å². The topological polar surface area (TPSA) is 59.4 Å². The van der Waals surface area contributed by atoms with Crippen molar-refractivity contribution in [3.8, 4) is 5.75 Å². The summed E-state index contributed by atoms with van der Waals surface area (Å²) in [6.07, 6.45) is 4.66. The van der Waals surface area contributed by atoms with E-state index in [1.54, 1.807) is 15.6 Å². The molecule has 0 spiro atoms. The molecule has 0 radical (unpaired) electrons. The Morgan fingerprint density at radius 3 is 3.00 bits per heavy atom. The number of rotatable bonds is 3. The van der Waals surface area contributed by atoms with Crippen LogP contribution in [0.4, 0.5) is 14.9 Å². The van der Waals surface area contributed by atoms with Gasteiger partial charge in [-0.3, -0.25) is 4.68 Å². The number of methoxy groups -OCH3 is 1. The lowest BCUT2D eigenvalue weighted by Gasteiger charge is -2.18. The number of nitrogens with one attached hydrogen (secondary N) is 1. The Morgan fingerprint density at radius 1 is 1.48 bits per heavy atom. The van der Waals surface area contributed by atoms with E-state index in [0.717, 1.165) is 12.0 Å². The molecule has 3 rings (SSSR count). The molecule has 1 aliphatic rings. The van der Waals surface area contributed by atoms with Crippen molar-refractivity contribution in [2.24, 2.45) is 7.05 Å². The molecule has 1 aromatic heterocycles. The third kappa shape index (κ3) is 3.13. The molecule has 0 saturated carbocycles. The summed E-state index contributed by atoms with van der Waals surface area (Å²) in [5, 5.41) is 6.78. The first kappa shape index (κ1) is 15.3. The maximum atomic E-state index is 13.9. The molecule has 0 bridgehead atoms. The van der Waals surface area contributed by atoms with Gasteiger partial charge in [0, 0.05) is 32.3 Å². The van der Waals surface area contributed by atoms with Crippen LogP contribution in [0.25, 0.3) is 0 Å². The second-order valence-electron chi connectivity index (χ2n) is 5.63. The van der Waals surface area contributed by atoms with Crippen molar-refractivity contribution in [2.75, 3.05) is 25.5 Å². The minimum atomic E-state index is -0.513. The van der Waals surface area contributed by atoms with Crippen LogP contribution in [-0.2, 0) is 7.05 Å². The first-order valence-electron chi connectivity index (χ1n) is 7.45. The van der Waals surface area contributed by atoms with Gasteiger partial charge in [-0.05, 0) is 24.1 Å². The highest BCUT2D eigenvalue weighted by Gasteiger charge is 2.29. The van der Waals surface area contributed by atoms with E-state index in [9.17, 15) is 9.18 Å². The number of ether oxygens (including phenoxy) is 1. The first-order valence-corrected chi connectivity index (χ1v) is 7.45. The second-order valence-corrected chi connectivity index (χ2v) is 5.63. The van der Waals surface area contributed by atoms with Crippen LogP contribution in [0.1, 0.15) is 17.9 Å². The van der Waals surface area contributed by atoms with Crippen molar-refractivity contribution < 1.29 is 13.9 Å². The van der Waals surface area contributed by atoms with E-state index >= 15 is 0 Å². The Kier molecular flexibility index (Phi) is 4.18. The molecule has 0 aliphatic carbocycles. The SMILES string of the molecule is COc1cccc(F)c1NC(=O)N1CC[C@@H](c2cnn(C)c2)C1. The molecule has 1 saturated heterocycles. The zero-order valence-corrected chi connectivity index (χ0v) is 13.1. The van der Waals surface area contributed by atoms with Crippen LogP contribution < -0.4 is 10.1 Å². The summed E-state index contributed by atoms with van der Waals surface area (Å²) in [6.45, 7) is 1.22. The van der Waals surface area contributed by atoms with Crippen molar-refractivity contribution in [1.82, 2.24) is 14.7 Å². The van der Waals surface area contributed by atoms with Crippen molar-refractivity contribution in [2.45, 2.75) is 12.3 Å². The van der Waals surface area contributed by atoms with E-state index in [0.29, 0.717) is 18.8 Å². The number of hydrogen-bond acceptors (Lipinski definition) is 3. The maximum absolute atomic E-state index is 13.9. The van der Waals surface area contributed by atoms with Crippen LogP contribution in [0, 0.1) is 5.82 Å². The number of amides is 2. The minimum absolute atomic E-state index is 0.0739. The summed E-state index contributed by atoms with van der Waals surface area (Å²) >= 11 is 0. The fraction of sp³-hybridized carbons (Fsp3) is 0.375. The number of likely N-dealkylation sites (tertiary alicyclic amines) is 1. The minimum Gasteiger partial charge on any atom is -0.494 e. The van der Waals surface area contributed by atoms with Crippen LogP contribution >= 0.6 is 0 Å². The van der Waals surface area contributed by atoms with Crippen molar-refractivity contribution in [3.05, 3.63) is 42.0 Å². The number of urea groups is 1. The Balaban J connectivity index is 1.68. The normalized spacial score (nSPS) is 17.3. The van der Waals surface area contributed by atoms with Crippen molar-refractivity contribution in [3.63, 3.8) is 0 Å². The predicted octanol–water partition coefficient (Wildman–Crippen LogP) is 2.59. The van der Waals surface area contributed by atoms with Crippen LogP contribution in [0.2, 0.25) is 0 Å². The Bertz CT molecular complexity index is 716. The summed E-state index contributed by atoms with van der Waals surface area (Å²) in [5.74, 6) is 0.0547. The monoisotopic (exact) mass is 318 g/mol. The average Bonchev–Trinajstić information content (AvgIpc) is 3.18. The zero-order valence-electron chi connectivity index (χ0n) is 13.1. The first-order chi connectivity index (χ1) is 11.1. The number of nitrogens with zero attached hydrogens (tertiary/aromatic N) is 3. The number of hydrogen-bond donors (Lipinski definition) is 1. The van der Waals surface area contributed by atoms with E-state index in [1.165, 1.54) is 19.2 Å². The van der Waals surface area contributed by atoms with Gasteiger partial charge in [-0.1, -0.05) is 6.07 Å². The second kappa shape index (κ2) is 6.28. The highest BCUT2D eigenvalue weighted by Crippen LogP contribution is 2.30. The summed E-state index contributed by atoms with van der Waals surface area (Å²) in [4.78, 5) is 14.1. The van der Waals surface area contributed by atoms with E-state index in [4.69, 9.17) is 4.74 Å². The van der Waals surface area contributed by atoms with Gasteiger partial charge in [0.2, 0.25) is 0 Å². The van der Waals surface area contributed by atoms with Crippen LogP contribution in [0.5, 0.6) is 5.75 Å². The standard InChI is InChI=1S/C16H19FN4O2/c1-20-9-12(8-18-20)11-6-7-21(10-11)16(22)19-15-13(17)4-3-5-14(15)23-2/h3-5,8-9,11H,6-7,10H2,1-2H3,(H,19,22)/t11-/m1/s1. The number of aromatic nitrogens is 2. The Hall–Kier alpha value is -2.57. The summed E-state index contributed by atoms with van der Waals surface area (Å²) < 4.78 is 20.8. The fourth-order valence-corrected chi connectivity index (χ4v) is 2.85. The van der Waals surface area contributed by atoms with Crippen LogP contribution in [-0.4, -0.2) is 40.9 Å². The Labute approximate surface area is 133 Å². The average molecular weight is 318 g/mol. The number of benzene rings is 1. The molecule has 6 nitrogen and oxygen atoms in total. The largest absolute Gasteiger partial charge is 0.494 e. The fourth-order valence-electron chi connectivity index (χ4n) is 2.85. The molecule has 23 heavy (non-hydrogen) atoms. The zero-order chi connectivity index (χ0) is 16.4. The van der Waals surface area contributed by atoms with E-state index in [-0.39, 0.29) is 17.6 Å². The molecular weight excluding hydrogens is 299 g/mol. The molecule has 2 amide bonds. The van der Waals surface area contributed by atoms with Crippen molar-refractivity contribution >= 4 is 11.7 Å². The lowest BCUT2D eigenvalue weighted by molar-refractivity contribution is 0.221. The van der Waals surface area contributed by atoms with Crippen molar-refractivity contribution in [1.29, 1.82) is 0 Å². The number of aryl methyl sites for hydroxylation is 1. The number of carbonyl (C=O) groups excluding carboxylic acids is 1. The lowest BCUT2D eigenvalue weighted by Crippen LogP contribution is -2.33. The van der Waals surface area contributed by atoms with Gasteiger partial charge < -0.3 is 15.0 Å². The maximum Gasteiger partial charge on any atom is 0.322 e. The molecule has 1 aliphatic heterocycles. The number of halogens is 1. The van der Waals surface area contributed by atoms with E-state index in [2.05, 4.69) is 10.4 Å². The molecule has 122 valence electrons. The quantitative estimate of drug-likeness (QED) is 0.946. The number of para-hydroxylation sites is 1. The predicted molar refractivity (Wildman–Crippen MR) is 84.1 cm³/mol. The highest BCUT2D eigenvalue weighted by molar-refractivity contribution is 5.91. The van der Waals surface area contributed by atoms with Crippen LogP contribution in [0.3, 0.4) is 0 Å². The molecule has 1 fully saturated rings. The van der Waals surface area contributed by atoms with Gasteiger partial charge in [-0.25, -0.2) is 9.18 Å². The molecule has 1 aromatic carbocycles. The van der Waals surface area contributed by atoms with Gasteiger partial charge in [0.15, 0.2) is 5.82 Å². The van der Waals surface area contributed by atoms with E-state index in [1.807, 2.05) is 19.4 Å². The van der Waals surface area contributed by atoms with Gasteiger partial charge in [-0.15, -0.1) is 0 Å². The summed E-state index contributed by atoms with van der Waals surface area (Å²) in [5.41, 5.74) is 1.19. The van der Waals surface area contributed by atoms with Gasteiger partial charge in [0.25, 0.3) is 0 Å². The van der Waals surface area contributed by atoms with Crippen LogP contribution in [0.15, 0.2) is 30.6 Å².